The number of sulfonamides is 1. The number of anilines is 2. The summed E-state index contributed by atoms with van der Waals surface area (Å²) in [5, 5.41) is 2.70. The van der Waals surface area contributed by atoms with E-state index in [1.165, 1.54) is 42.5 Å². The smallest absolute Gasteiger partial charge is 0.288 e. The van der Waals surface area contributed by atoms with Crippen LogP contribution in [0.2, 0.25) is 5.02 Å². The summed E-state index contributed by atoms with van der Waals surface area (Å²) < 4.78 is 58.3. The molecule has 0 aliphatic rings. The first-order valence-electron chi connectivity index (χ1n) is 9.90. The number of amides is 1. The molecule has 34 heavy (non-hydrogen) atoms. The quantitative estimate of drug-likeness (QED) is 0.330. The zero-order chi connectivity index (χ0) is 24.9. The average molecular weight is 527 g/mol. The lowest BCUT2D eigenvalue weighted by Crippen LogP contribution is -2.21. The Bertz CT molecular complexity index is 1270. The molecule has 0 saturated carbocycles. The Labute approximate surface area is 205 Å². The third kappa shape index (κ3) is 7.34. The largest absolute Gasteiger partial charge is 0.484 e. The van der Waals surface area contributed by atoms with Gasteiger partial charge in [0, 0.05) is 10.6 Å². The highest BCUT2D eigenvalue weighted by atomic mass is 35.5. The van der Waals surface area contributed by atoms with E-state index in [1.54, 1.807) is 12.1 Å². The molecule has 0 spiro atoms. The van der Waals surface area contributed by atoms with Gasteiger partial charge in [-0.3, -0.25) is 9.52 Å². The molecule has 0 saturated heterocycles. The van der Waals surface area contributed by atoms with Gasteiger partial charge in [-0.2, -0.15) is 8.78 Å². The number of hydrogen-bond acceptors (Lipinski definition) is 5. The number of halogens is 3. The highest BCUT2D eigenvalue weighted by molar-refractivity contribution is 7.99. The SMILES string of the molecule is Cc1cc(C)cc(OCC(=O)Nc2cc(S(=O)(=O)Nc3ccc(SC(F)F)cc3)ccc2Cl)c1. The summed E-state index contributed by atoms with van der Waals surface area (Å²) in [6, 6.07) is 15.0. The molecule has 0 atom stereocenters. The molecule has 0 unspecified atom stereocenters. The van der Waals surface area contributed by atoms with Crippen LogP contribution < -0.4 is 14.8 Å². The Hall–Kier alpha value is -2.82. The lowest BCUT2D eigenvalue weighted by Gasteiger charge is -2.13. The molecule has 180 valence electrons. The van der Waals surface area contributed by atoms with Crippen molar-refractivity contribution in [3.63, 3.8) is 0 Å². The van der Waals surface area contributed by atoms with Gasteiger partial charge in [-0.15, -0.1) is 0 Å². The number of ether oxygens (including phenoxy) is 1. The molecule has 3 aromatic carbocycles. The van der Waals surface area contributed by atoms with Gasteiger partial charge >= 0.3 is 0 Å². The van der Waals surface area contributed by atoms with Crippen molar-refractivity contribution in [2.24, 2.45) is 0 Å². The highest BCUT2D eigenvalue weighted by Crippen LogP contribution is 2.29. The van der Waals surface area contributed by atoms with Crippen molar-refractivity contribution in [3.05, 3.63) is 76.8 Å². The maximum absolute atomic E-state index is 12.8. The van der Waals surface area contributed by atoms with Crippen molar-refractivity contribution in [2.45, 2.75) is 29.4 Å². The molecule has 3 aromatic rings. The standard InChI is InChI=1S/C23H21ClF2N2O4S2/c1-14-9-15(2)11-17(10-14)32-13-22(29)27-21-12-19(7-8-20(21)24)34(30,31)28-16-3-5-18(6-4-16)33-23(25)26/h3-12,23,28H,13H2,1-2H3,(H,27,29). The Kier molecular flexibility index (Phi) is 8.40. The van der Waals surface area contributed by atoms with E-state index >= 15 is 0 Å². The Balaban J connectivity index is 1.68. The number of alkyl halides is 2. The molecule has 0 aromatic heterocycles. The number of aryl methyl sites for hydroxylation is 2. The first kappa shape index (κ1) is 25.8. The van der Waals surface area contributed by atoms with Crippen molar-refractivity contribution in [2.75, 3.05) is 16.6 Å². The van der Waals surface area contributed by atoms with Gasteiger partial charge in [-0.05, 0) is 79.6 Å². The summed E-state index contributed by atoms with van der Waals surface area (Å²) in [7, 11) is -4.04. The van der Waals surface area contributed by atoms with Gasteiger partial charge in [0.2, 0.25) is 0 Å². The molecule has 0 aliphatic carbocycles. The lowest BCUT2D eigenvalue weighted by atomic mass is 10.1. The first-order valence-corrected chi connectivity index (χ1v) is 12.6. The van der Waals surface area contributed by atoms with Crippen LogP contribution in [-0.4, -0.2) is 26.7 Å². The minimum absolute atomic E-state index is 0.0993. The normalized spacial score (nSPS) is 11.4. The predicted molar refractivity (Wildman–Crippen MR) is 131 cm³/mol. The van der Waals surface area contributed by atoms with Gasteiger partial charge in [0.25, 0.3) is 21.7 Å². The second-order valence-corrected chi connectivity index (χ2v) is 10.5. The summed E-state index contributed by atoms with van der Waals surface area (Å²) in [4.78, 5) is 12.5. The maximum Gasteiger partial charge on any atom is 0.288 e. The van der Waals surface area contributed by atoms with E-state index in [9.17, 15) is 22.0 Å². The fourth-order valence-corrected chi connectivity index (χ4v) is 4.79. The molecular weight excluding hydrogens is 506 g/mol. The third-order valence-electron chi connectivity index (χ3n) is 4.42. The molecule has 0 bridgehead atoms. The van der Waals surface area contributed by atoms with E-state index < -0.39 is 21.7 Å². The van der Waals surface area contributed by atoms with Crippen LogP contribution in [0.3, 0.4) is 0 Å². The Morgan fingerprint density at radius 1 is 1.03 bits per heavy atom. The number of carbonyl (C=O) groups is 1. The zero-order valence-corrected chi connectivity index (χ0v) is 20.5. The van der Waals surface area contributed by atoms with Crippen LogP contribution in [0.15, 0.2) is 70.5 Å². The Morgan fingerprint density at radius 2 is 1.68 bits per heavy atom. The molecule has 1 amide bonds. The maximum atomic E-state index is 12.8. The van der Waals surface area contributed by atoms with Crippen LogP contribution in [0.5, 0.6) is 5.75 Å². The fourth-order valence-electron chi connectivity index (χ4n) is 3.04. The molecule has 6 nitrogen and oxygen atoms in total. The van der Waals surface area contributed by atoms with Gasteiger partial charge in [0.15, 0.2) is 6.61 Å². The zero-order valence-electron chi connectivity index (χ0n) is 18.1. The molecule has 0 heterocycles. The number of carbonyl (C=O) groups excluding carboxylic acids is 1. The van der Waals surface area contributed by atoms with E-state index in [2.05, 4.69) is 10.0 Å². The second kappa shape index (κ2) is 11.1. The topological polar surface area (TPSA) is 84.5 Å². The second-order valence-electron chi connectivity index (χ2n) is 7.31. The monoisotopic (exact) mass is 526 g/mol. The summed E-state index contributed by atoms with van der Waals surface area (Å²) in [5.74, 6) is -2.55. The number of nitrogens with one attached hydrogen (secondary N) is 2. The minimum atomic E-state index is -4.04. The molecule has 11 heteroatoms. The van der Waals surface area contributed by atoms with Crippen molar-refractivity contribution >= 4 is 50.7 Å². The van der Waals surface area contributed by atoms with Crippen molar-refractivity contribution in [1.82, 2.24) is 0 Å². The molecule has 0 radical (unpaired) electrons. The number of benzene rings is 3. The van der Waals surface area contributed by atoms with E-state index in [-0.39, 0.29) is 27.9 Å². The first-order chi connectivity index (χ1) is 16.0. The summed E-state index contributed by atoms with van der Waals surface area (Å²) in [5.41, 5.74) is 2.28. The van der Waals surface area contributed by atoms with Crippen LogP contribution in [0.1, 0.15) is 11.1 Å². The predicted octanol–water partition coefficient (Wildman–Crippen LogP) is 6.09. The highest BCUT2D eigenvalue weighted by Gasteiger charge is 2.18. The summed E-state index contributed by atoms with van der Waals surface area (Å²) >= 11 is 6.49. The fraction of sp³-hybridized carbons (Fsp3) is 0.174. The number of hydrogen-bond donors (Lipinski definition) is 2. The van der Waals surface area contributed by atoms with Gasteiger partial charge < -0.3 is 10.1 Å². The van der Waals surface area contributed by atoms with Crippen molar-refractivity contribution < 1.29 is 26.7 Å². The van der Waals surface area contributed by atoms with Gasteiger partial charge in [0.05, 0.1) is 15.6 Å². The van der Waals surface area contributed by atoms with Crippen LogP contribution in [0.4, 0.5) is 20.2 Å². The molecule has 0 aliphatic heterocycles. The van der Waals surface area contributed by atoms with Crippen LogP contribution >= 0.6 is 23.4 Å². The van der Waals surface area contributed by atoms with Gasteiger partial charge in [0.1, 0.15) is 5.75 Å². The molecule has 0 fully saturated rings. The molecule has 2 N–H and O–H groups in total. The van der Waals surface area contributed by atoms with E-state index in [0.29, 0.717) is 22.4 Å². The number of rotatable bonds is 9. The number of thioether (sulfide) groups is 1. The van der Waals surface area contributed by atoms with Crippen LogP contribution in [-0.2, 0) is 14.8 Å². The van der Waals surface area contributed by atoms with Crippen LogP contribution in [0, 0.1) is 13.8 Å². The molecular formula is C23H21ClF2N2O4S2. The Morgan fingerprint density at radius 3 is 2.29 bits per heavy atom. The van der Waals surface area contributed by atoms with Gasteiger partial charge in [-0.25, -0.2) is 8.42 Å². The third-order valence-corrected chi connectivity index (χ3v) is 6.85. The van der Waals surface area contributed by atoms with Crippen molar-refractivity contribution in [1.29, 1.82) is 0 Å². The summed E-state index contributed by atoms with van der Waals surface area (Å²) in [6.45, 7) is 3.53. The minimum Gasteiger partial charge on any atom is -0.484 e. The van der Waals surface area contributed by atoms with E-state index in [1.807, 2.05) is 19.9 Å². The van der Waals surface area contributed by atoms with Gasteiger partial charge in [-0.1, -0.05) is 29.4 Å². The summed E-state index contributed by atoms with van der Waals surface area (Å²) in [6.07, 6.45) is 0. The molecule has 3 rings (SSSR count). The van der Waals surface area contributed by atoms with Crippen LogP contribution in [0.25, 0.3) is 0 Å². The van der Waals surface area contributed by atoms with Crippen molar-refractivity contribution in [3.8, 4) is 5.75 Å². The average Bonchev–Trinajstić information content (AvgIpc) is 2.74. The van der Waals surface area contributed by atoms with E-state index in [0.717, 1.165) is 11.1 Å². The van der Waals surface area contributed by atoms with E-state index in [4.69, 9.17) is 16.3 Å². The lowest BCUT2D eigenvalue weighted by molar-refractivity contribution is -0.118.